The maximum Gasteiger partial charge on any atom is 0.171 e. The fourth-order valence-corrected chi connectivity index (χ4v) is 2.81. The molecule has 0 bridgehead atoms. The molecule has 6 heteroatoms. The van der Waals surface area contributed by atoms with Gasteiger partial charge in [0.1, 0.15) is 16.6 Å². The molecule has 0 spiro atoms. The van der Waals surface area contributed by atoms with Crippen LogP contribution < -0.4 is 11.1 Å². The van der Waals surface area contributed by atoms with Gasteiger partial charge in [-0.3, -0.25) is 4.79 Å². The van der Waals surface area contributed by atoms with Gasteiger partial charge in [-0.25, -0.2) is 0 Å². The number of carbonyl (C=O) groups excluding carboxylic acids is 1. The molecule has 0 saturated carbocycles. The Bertz CT molecular complexity index is 686. The molecule has 0 atom stereocenters. The number of hydrogen-bond donors (Lipinski definition) is 2. The molecule has 0 radical (unpaired) electrons. The highest BCUT2D eigenvalue weighted by atomic mass is 35.5. The Morgan fingerprint density at radius 3 is 2.65 bits per heavy atom. The van der Waals surface area contributed by atoms with Crippen molar-refractivity contribution >= 4 is 39.4 Å². The fourth-order valence-electron chi connectivity index (χ4n) is 1.73. The SMILES string of the molecule is CC(=O)c1sc(NCc2ccc(Cl)cc2)c(C#N)c1N. The van der Waals surface area contributed by atoms with Crippen LogP contribution in [0.5, 0.6) is 0 Å². The average molecular weight is 306 g/mol. The number of nitriles is 1. The number of nitrogens with two attached hydrogens (primary N) is 1. The molecule has 1 aromatic carbocycles. The Morgan fingerprint density at radius 1 is 1.45 bits per heavy atom. The maximum atomic E-state index is 11.4. The van der Waals surface area contributed by atoms with E-state index >= 15 is 0 Å². The standard InChI is InChI=1S/C14H12ClN3OS/c1-8(19)13-12(17)11(6-16)14(20-13)18-7-9-2-4-10(15)5-3-9/h2-5,18H,7,17H2,1H3. The molecule has 102 valence electrons. The van der Waals surface area contributed by atoms with Crippen LogP contribution in [-0.2, 0) is 6.54 Å². The molecule has 1 heterocycles. The molecule has 0 saturated heterocycles. The Kier molecular flexibility index (Phi) is 4.28. The lowest BCUT2D eigenvalue weighted by atomic mass is 10.2. The number of hydrogen-bond acceptors (Lipinski definition) is 5. The largest absolute Gasteiger partial charge is 0.396 e. The lowest BCUT2D eigenvalue weighted by Crippen LogP contribution is -1.99. The highest BCUT2D eigenvalue weighted by Gasteiger charge is 2.18. The van der Waals surface area contributed by atoms with E-state index in [1.165, 1.54) is 18.3 Å². The molecule has 1 aromatic heterocycles. The molecule has 0 aliphatic rings. The van der Waals surface area contributed by atoms with Crippen LogP contribution in [0.2, 0.25) is 5.02 Å². The van der Waals surface area contributed by atoms with E-state index in [9.17, 15) is 4.79 Å². The molecule has 2 rings (SSSR count). The van der Waals surface area contributed by atoms with E-state index in [1.54, 1.807) is 12.1 Å². The van der Waals surface area contributed by atoms with Gasteiger partial charge < -0.3 is 11.1 Å². The van der Waals surface area contributed by atoms with Gasteiger partial charge in [0.2, 0.25) is 0 Å². The predicted octanol–water partition coefficient (Wildman–Crippen LogP) is 3.67. The Labute approximate surface area is 125 Å². The van der Waals surface area contributed by atoms with E-state index in [1.807, 2.05) is 18.2 Å². The Morgan fingerprint density at radius 2 is 2.10 bits per heavy atom. The van der Waals surface area contributed by atoms with Crippen LogP contribution in [0.4, 0.5) is 10.7 Å². The Hall–Kier alpha value is -2.03. The second-order valence-electron chi connectivity index (χ2n) is 4.20. The van der Waals surface area contributed by atoms with E-state index in [2.05, 4.69) is 5.32 Å². The van der Waals surface area contributed by atoms with Gasteiger partial charge in [0, 0.05) is 18.5 Å². The van der Waals surface area contributed by atoms with Crippen LogP contribution >= 0.6 is 22.9 Å². The van der Waals surface area contributed by atoms with Crippen molar-refractivity contribution in [2.24, 2.45) is 0 Å². The van der Waals surface area contributed by atoms with Gasteiger partial charge in [0.05, 0.1) is 10.6 Å². The summed E-state index contributed by atoms with van der Waals surface area (Å²) in [5.74, 6) is -0.136. The number of ketones is 1. The molecule has 3 N–H and O–H groups in total. The summed E-state index contributed by atoms with van der Waals surface area (Å²) in [4.78, 5) is 11.9. The van der Waals surface area contributed by atoms with Crippen molar-refractivity contribution < 1.29 is 4.79 Å². The highest BCUT2D eigenvalue weighted by Crippen LogP contribution is 2.35. The van der Waals surface area contributed by atoms with Gasteiger partial charge in [-0.05, 0) is 17.7 Å². The third-order valence-electron chi connectivity index (χ3n) is 2.74. The zero-order valence-electron chi connectivity index (χ0n) is 10.7. The first-order valence-electron chi connectivity index (χ1n) is 5.84. The molecule has 2 aromatic rings. The van der Waals surface area contributed by atoms with Crippen LogP contribution in [0.15, 0.2) is 24.3 Å². The van der Waals surface area contributed by atoms with Crippen LogP contribution in [0.1, 0.15) is 27.7 Å². The van der Waals surface area contributed by atoms with Gasteiger partial charge in [-0.1, -0.05) is 23.7 Å². The van der Waals surface area contributed by atoms with Crippen molar-refractivity contribution in [2.45, 2.75) is 13.5 Å². The summed E-state index contributed by atoms with van der Waals surface area (Å²) < 4.78 is 0. The van der Waals surface area contributed by atoms with Gasteiger partial charge in [-0.2, -0.15) is 5.26 Å². The number of benzene rings is 1. The van der Waals surface area contributed by atoms with E-state index < -0.39 is 0 Å². The first-order chi connectivity index (χ1) is 9.52. The van der Waals surface area contributed by atoms with E-state index in [-0.39, 0.29) is 11.5 Å². The number of Topliss-reactive ketones (excluding diaryl/α,β-unsaturated/α-hetero) is 1. The van der Waals surface area contributed by atoms with Crippen molar-refractivity contribution in [3.8, 4) is 6.07 Å². The first-order valence-corrected chi connectivity index (χ1v) is 7.04. The lowest BCUT2D eigenvalue weighted by Gasteiger charge is -2.04. The summed E-state index contributed by atoms with van der Waals surface area (Å²) in [6.07, 6.45) is 0. The fraction of sp³-hybridized carbons (Fsp3) is 0.143. The molecule has 0 amide bonds. The highest BCUT2D eigenvalue weighted by molar-refractivity contribution is 7.18. The number of nitrogen functional groups attached to an aromatic ring is 1. The quantitative estimate of drug-likeness (QED) is 0.845. The third-order valence-corrected chi connectivity index (χ3v) is 4.26. The zero-order chi connectivity index (χ0) is 14.7. The van der Waals surface area contributed by atoms with Crippen LogP contribution in [0.25, 0.3) is 0 Å². The monoisotopic (exact) mass is 305 g/mol. The van der Waals surface area contributed by atoms with Crippen molar-refractivity contribution in [1.29, 1.82) is 5.26 Å². The Balaban J connectivity index is 2.21. The second-order valence-corrected chi connectivity index (χ2v) is 5.65. The second kappa shape index (κ2) is 5.95. The van der Waals surface area contributed by atoms with Crippen molar-refractivity contribution in [3.63, 3.8) is 0 Å². The number of rotatable bonds is 4. The topological polar surface area (TPSA) is 78.9 Å². The minimum atomic E-state index is -0.136. The van der Waals surface area contributed by atoms with Gasteiger partial charge in [0.15, 0.2) is 5.78 Å². The number of thiophene rings is 1. The first kappa shape index (κ1) is 14.4. The van der Waals surface area contributed by atoms with E-state index in [4.69, 9.17) is 22.6 Å². The molecule has 0 fully saturated rings. The summed E-state index contributed by atoms with van der Waals surface area (Å²) >= 11 is 7.03. The molecule has 0 aliphatic carbocycles. The van der Waals surface area contributed by atoms with Crippen LogP contribution in [0.3, 0.4) is 0 Å². The van der Waals surface area contributed by atoms with Crippen LogP contribution in [-0.4, -0.2) is 5.78 Å². The van der Waals surface area contributed by atoms with Crippen molar-refractivity contribution in [1.82, 2.24) is 0 Å². The van der Waals surface area contributed by atoms with E-state index in [0.717, 1.165) is 5.56 Å². The molecular formula is C14H12ClN3OS. The van der Waals surface area contributed by atoms with Crippen molar-refractivity contribution in [3.05, 3.63) is 45.3 Å². The lowest BCUT2D eigenvalue weighted by molar-refractivity contribution is 0.102. The smallest absolute Gasteiger partial charge is 0.171 e. The molecule has 20 heavy (non-hydrogen) atoms. The summed E-state index contributed by atoms with van der Waals surface area (Å²) in [6, 6.07) is 9.42. The normalized spacial score (nSPS) is 10.1. The molecule has 4 nitrogen and oxygen atoms in total. The summed E-state index contributed by atoms with van der Waals surface area (Å²) in [5.41, 5.74) is 7.42. The van der Waals surface area contributed by atoms with Gasteiger partial charge >= 0.3 is 0 Å². The molecule has 0 unspecified atom stereocenters. The summed E-state index contributed by atoms with van der Waals surface area (Å²) in [6.45, 7) is 1.97. The number of halogens is 1. The minimum absolute atomic E-state index is 0.136. The maximum absolute atomic E-state index is 11.4. The zero-order valence-corrected chi connectivity index (χ0v) is 12.3. The molecular weight excluding hydrogens is 294 g/mol. The van der Waals surface area contributed by atoms with Crippen molar-refractivity contribution in [2.75, 3.05) is 11.1 Å². The van der Waals surface area contributed by atoms with Crippen LogP contribution in [0, 0.1) is 11.3 Å². The number of anilines is 2. The van der Waals surface area contributed by atoms with Gasteiger partial charge in [0.25, 0.3) is 0 Å². The minimum Gasteiger partial charge on any atom is -0.396 e. The van der Waals surface area contributed by atoms with E-state index in [0.29, 0.717) is 27.0 Å². The predicted molar refractivity (Wildman–Crippen MR) is 82.2 cm³/mol. The number of nitrogens with zero attached hydrogens (tertiary/aromatic N) is 1. The number of carbonyl (C=O) groups is 1. The molecule has 0 aliphatic heterocycles. The third kappa shape index (κ3) is 2.93. The summed E-state index contributed by atoms with van der Waals surface area (Å²) in [5, 5.41) is 13.6. The number of nitrogens with one attached hydrogen (secondary N) is 1. The average Bonchev–Trinajstić information content (AvgIpc) is 2.74. The summed E-state index contributed by atoms with van der Waals surface area (Å²) in [7, 11) is 0. The van der Waals surface area contributed by atoms with Gasteiger partial charge in [-0.15, -0.1) is 11.3 Å².